The molecule has 1 atom stereocenters. The van der Waals surface area contributed by atoms with E-state index in [1.807, 2.05) is 25.1 Å². The lowest BCUT2D eigenvalue weighted by Crippen LogP contribution is -2.52. The number of thioether (sulfide) groups is 1. The molecule has 7 heteroatoms. The molecule has 0 aromatic heterocycles. The zero-order valence-electron chi connectivity index (χ0n) is 15.1. The molecule has 0 unspecified atom stereocenters. The highest BCUT2D eigenvalue weighted by Gasteiger charge is 2.25. The van der Waals surface area contributed by atoms with Crippen LogP contribution in [0, 0.1) is 0 Å². The number of rotatable bonds is 6. The van der Waals surface area contributed by atoms with Gasteiger partial charge in [-0.1, -0.05) is 30.0 Å². The molecule has 4 nitrogen and oxygen atoms in total. The van der Waals surface area contributed by atoms with E-state index in [1.54, 1.807) is 24.3 Å². The predicted molar refractivity (Wildman–Crippen MR) is 107 cm³/mol. The van der Waals surface area contributed by atoms with Crippen LogP contribution in [0.4, 0.5) is 20.2 Å². The Morgan fingerprint density at radius 2 is 1.63 bits per heavy atom. The summed E-state index contributed by atoms with van der Waals surface area (Å²) in [5, 5.41) is 2.87. The predicted octanol–water partition coefficient (Wildman–Crippen LogP) is 4.15. The molecule has 0 aliphatic carbocycles. The largest absolute Gasteiger partial charge is 0.369 e. The number of amides is 1. The lowest BCUT2D eigenvalue weighted by Gasteiger charge is -2.38. The summed E-state index contributed by atoms with van der Waals surface area (Å²) in [4.78, 5) is 17.5. The number of para-hydroxylation sites is 1. The third-order valence-electron chi connectivity index (χ3n) is 4.71. The van der Waals surface area contributed by atoms with Crippen LogP contribution in [0.2, 0.25) is 0 Å². The Kier molecular flexibility index (Phi) is 6.68. The molecule has 1 heterocycles. The summed E-state index contributed by atoms with van der Waals surface area (Å²) in [7, 11) is 0. The standard InChI is InChI=1S/C20H23F2N3OS/c1-15(19(26)23-16-7-9-18(10-8-16)27-20(21)22)24-11-13-25(14-12-24)17-5-3-2-4-6-17/h2-10,15,20H,11-14H2,1H3,(H,23,26)/t15-/m1/s1. The lowest BCUT2D eigenvalue weighted by molar-refractivity contribution is -0.120. The van der Waals surface area contributed by atoms with E-state index in [9.17, 15) is 13.6 Å². The summed E-state index contributed by atoms with van der Waals surface area (Å²) >= 11 is 0.494. The topological polar surface area (TPSA) is 35.6 Å². The van der Waals surface area contributed by atoms with Crippen molar-refractivity contribution in [2.24, 2.45) is 0 Å². The second kappa shape index (κ2) is 9.19. The van der Waals surface area contributed by atoms with Crippen molar-refractivity contribution in [1.29, 1.82) is 0 Å². The molecule has 1 aliphatic rings. The molecule has 0 radical (unpaired) electrons. The molecule has 0 spiro atoms. The first-order valence-electron chi connectivity index (χ1n) is 8.93. The van der Waals surface area contributed by atoms with Crippen LogP contribution in [0.3, 0.4) is 0 Å². The molecular formula is C20H23F2N3OS. The summed E-state index contributed by atoms with van der Waals surface area (Å²) in [5.74, 6) is -2.53. The van der Waals surface area contributed by atoms with Gasteiger partial charge in [-0.15, -0.1) is 0 Å². The number of nitrogens with zero attached hydrogens (tertiary/aromatic N) is 2. The van der Waals surface area contributed by atoms with Crippen molar-refractivity contribution >= 4 is 29.0 Å². The van der Waals surface area contributed by atoms with Gasteiger partial charge in [0, 0.05) is 42.4 Å². The Balaban J connectivity index is 1.50. The van der Waals surface area contributed by atoms with Gasteiger partial charge in [-0.25, -0.2) is 0 Å². The van der Waals surface area contributed by atoms with Gasteiger partial charge in [0.25, 0.3) is 5.76 Å². The molecule has 1 aliphatic heterocycles. The smallest absolute Gasteiger partial charge is 0.288 e. The minimum Gasteiger partial charge on any atom is -0.369 e. The second-order valence-corrected chi connectivity index (χ2v) is 7.49. The first-order valence-corrected chi connectivity index (χ1v) is 9.80. The molecule has 2 aromatic carbocycles. The fourth-order valence-corrected chi connectivity index (χ4v) is 3.64. The average Bonchev–Trinajstić information content (AvgIpc) is 2.69. The van der Waals surface area contributed by atoms with Crippen molar-refractivity contribution in [3.8, 4) is 0 Å². The van der Waals surface area contributed by atoms with E-state index in [4.69, 9.17) is 0 Å². The molecule has 3 rings (SSSR count). The van der Waals surface area contributed by atoms with Crippen molar-refractivity contribution in [3.63, 3.8) is 0 Å². The quantitative estimate of drug-likeness (QED) is 0.751. The van der Waals surface area contributed by atoms with Crippen LogP contribution in [0.1, 0.15) is 6.92 Å². The highest BCUT2D eigenvalue weighted by Crippen LogP contribution is 2.26. The number of halogens is 2. The van der Waals surface area contributed by atoms with Crippen molar-refractivity contribution in [3.05, 3.63) is 54.6 Å². The average molecular weight is 391 g/mol. The van der Waals surface area contributed by atoms with Crippen LogP contribution in [0.15, 0.2) is 59.5 Å². The SMILES string of the molecule is C[C@H](C(=O)Nc1ccc(SC(F)F)cc1)N1CCN(c2ccccc2)CC1. The zero-order chi connectivity index (χ0) is 19.2. The number of alkyl halides is 2. The van der Waals surface area contributed by atoms with Crippen LogP contribution in [-0.4, -0.2) is 48.8 Å². The lowest BCUT2D eigenvalue weighted by atomic mass is 10.2. The van der Waals surface area contributed by atoms with Gasteiger partial charge in [-0.2, -0.15) is 8.78 Å². The number of piperazine rings is 1. The van der Waals surface area contributed by atoms with Crippen LogP contribution < -0.4 is 10.2 Å². The summed E-state index contributed by atoms with van der Waals surface area (Å²) < 4.78 is 24.7. The number of hydrogen-bond acceptors (Lipinski definition) is 4. The fourth-order valence-electron chi connectivity index (χ4n) is 3.14. The Bertz CT molecular complexity index is 735. The van der Waals surface area contributed by atoms with Crippen molar-refractivity contribution in [2.75, 3.05) is 36.4 Å². The van der Waals surface area contributed by atoms with E-state index in [1.165, 1.54) is 5.69 Å². The Morgan fingerprint density at radius 3 is 2.22 bits per heavy atom. The molecule has 0 bridgehead atoms. The van der Waals surface area contributed by atoms with Gasteiger partial charge in [0.05, 0.1) is 6.04 Å². The Morgan fingerprint density at radius 1 is 1.00 bits per heavy atom. The van der Waals surface area contributed by atoms with Crippen LogP contribution in [0.5, 0.6) is 0 Å². The maximum absolute atomic E-state index is 12.5. The molecule has 144 valence electrons. The summed E-state index contributed by atoms with van der Waals surface area (Å²) in [6.45, 7) is 5.28. The Labute approximate surface area is 162 Å². The van der Waals surface area contributed by atoms with Gasteiger partial charge in [0.2, 0.25) is 5.91 Å². The molecule has 0 saturated carbocycles. The van der Waals surface area contributed by atoms with E-state index < -0.39 is 5.76 Å². The number of carbonyl (C=O) groups excluding carboxylic acids is 1. The minimum atomic E-state index is -2.44. The second-order valence-electron chi connectivity index (χ2n) is 6.43. The number of anilines is 2. The summed E-state index contributed by atoms with van der Waals surface area (Å²) in [6, 6.07) is 16.5. The van der Waals surface area contributed by atoms with Gasteiger partial charge in [-0.3, -0.25) is 9.69 Å². The first-order chi connectivity index (χ1) is 13.0. The Hall–Kier alpha value is -2.12. The van der Waals surface area contributed by atoms with E-state index >= 15 is 0 Å². The number of nitrogens with one attached hydrogen (secondary N) is 1. The minimum absolute atomic E-state index is 0.0857. The normalized spacial score (nSPS) is 16.4. The molecule has 1 saturated heterocycles. The number of benzene rings is 2. The molecule has 2 aromatic rings. The van der Waals surface area contributed by atoms with Gasteiger partial charge >= 0.3 is 0 Å². The number of hydrogen-bond donors (Lipinski definition) is 1. The third-order valence-corrected chi connectivity index (χ3v) is 5.43. The highest BCUT2D eigenvalue weighted by atomic mass is 32.2. The van der Waals surface area contributed by atoms with Gasteiger partial charge in [-0.05, 0) is 43.3 Å². The summed E-state index contributed by atoms with van der Waals surface area (Å²) in [6.07, 6.45) is 0. The fraction of sp³-hybridized carbons (Fsp3) is 0.350. The van der Waals surface area contributed by atoms with Gasteiger partial charge in [0.1, 0.15) is 0 Å². The zero-order valence-corrected chi connectivity index (χ0v) is 16.0. The molecular weight excluding hydrogens is 368 g/mol. The third kappa shape index (κ3) is 5.43. The summed E-state index contributed by atoms with van der Waals surface area (Å²) in [5.41, 5.74) is 1.82. The van der Waals surface area contributed by atoms with E-state index in [0.29, 0.717) is 22.3 Å². The van der Waals surface area contributed by atoms with E-state index in [-0.39, 0.29) is 11.9 Å². The monoisotopic (exact) mass is 391 g/mol. The number of carbonyl (C=O) groups is 1. The molecule has 27 heavy (non-hydrogen) atoms. The van der Waals surface area contributed by atoms with Crippen molar-refractivity contribution in [1.82, 2.24) is 4.90 Å². The van der Waals surface area contributed by atoms with Crippen LogP contribution in [0.25, 0.3) is 0 Å². The van der Waals surface area contributed by atoms with Crippen molar-refractivity contribution in [2.45, 2.75) is 23.6 Å². The highest BCUT2D eigenvalue weighted by molar-refractivity contribution is 7.99. The molecule has 1 fully saturated rings. The maximum atomic E-state index is 12.5. The van der Waals surface area contributed by atoms with Crippen LogP contribution in [-0.2, 0) is 4.79 Å². The van der Waals surface area contributed by atoms with Crippen molar-refractivity contribution < 1.29 is 13.6 Å². The van der Waals surface area contributed by atoms with Gasteiger partial charge in [0.15, 0.2) is 0 Å². The van der Waals surface area contributed by atoms with Crippen LogP contribution >= 0.6 is 11.8 Å². The molecule has 1 amide bonds. The van der Waals surface area contributed by atoms with E-state index in [2.05, 4.69) is 27.2 Å². The molecule has 1 N–H and O–H groups in total. The maximum Gasteiger partial charge on any atom is 0.288 e. The van der Waals surface area contributed by atoms with E-state index in [0.717, 1.165) is 26.2 Å². The van der Waals surface area contributed by atoms with Gasteiger partial charge < -0.3 is 10.2 Å². The first kappa shape index (κ1) is 19.6.